The first-order valence-electron chi connectivity index (χ1n) is 5.64. The number of rotatable bonds is 1. The Balaban J connectivity index is 1.88. The Morgan fingerprint density at radius 3 is 3.13 bits per heavy atom. The summed E-state index contributed by atoms with van der Waals surface area (Å²) in [7, 11) is 2.19. The minimum atomic E-state index is 0.761. The molecule has 0 aromatic carbocycles. The molecule has 3 rings (SSSR count). The summed E-state index contributed by atoms with van der Waals surface area (Å²) < 4.78 is 2.13. The lowest BCUT2D eigenvalue weighted by Crippen LogP contribution is -2.45. The van der Waals surface area contributed by atoms with E-state index in [1.54, 1.807) is 11.1 Å². The third-order valence-corrected chi connectivity index (χ3v) is 3.66. The second-order valence-electron chi connectivity index (χ2n) is 4.78. The van der Waals surface area contributed by atoms with Crippen molar-refractivity contribution in [3.63, 3.8) is 0 Å². The van der Waals surface area contributed by atoms with Crippen LogP contribution in [0.4, 0.5) is 0 Å². The zero-order valence-corrected chi connectivity index (χ0v) is 9.24. The van der Waals surface area contributed by atoms with Crippen LogP contribution in [0.15, 0.2) is 23.3 Å². The van der Waals surface area contributed by atoms with Crippen LogP contribution in [0.25, 0.3) is 0 Å². The van der Waals surface area contributed by atoms with Crippen LogP contribution in [0.2, 0.25) is 0 Å². The molecule has 2 heteroatoms. The van der Waals surface area contributed by atoms with Crippen LogP contribution in [0.3, 0.4) is 0 Å². The van der Waals surface area contributed by atoms with Crippen LogP contribution in [-0.2, 0) is 0 Å². The third kappa shape index (κ3) is 1.32. The van der Waals surface area contributed by atoms with Crippen LogP contribution < -0.4 is 0 Å². The fourth-order valence-corrected chi connectivity index (χ4v) is 2.81. The van der Waals surface area contributed by atoms with E-state index in [2.05, 4.69) is 41.8 Å². The molecule has 80 valence electrons. The van der Waals surface area contributed by atoms with Gasteiger partial charge >= 0.3 is 0 Å². The summed E-state index contributed by atoms with van der Waals surface area (Å²) in [5.74, 6) is 0.761. The van der Waals surface area contributed by atoms with Gasteiger partial charge in [-0.3, -0.25) is 0 Å². The van der Waals surface area contributed by atoms with Crippen LogP contribution >= 0.6 is 0 Å². The quantitative estimate of drug-likeness (QED) is 0.457. The van der Waals surface area contributed by atoms with E-state index in [0.29, 0.717) is 0 Å². The molecule has 2 aliphatic heterocycles. The second kappa shape index (κ2) is 3.17. The summed E-state index contributed by atoms with van der Waals surface area (Å²) in [5, 5.41) is 0. The molecule has 0 aromatic rings. The van der Waals surface area contributed by atoms with E-state index in [1.165, 1.54) is 25.6 Å². The van der Waals surface area contributed by atoms with Crippen molar-refractivity contribution < 1.29 is 4.58 Å². The van der Waals surface area contributed by atoms with E-state index in [1.807, 2.05) is 0 Å². The third-order valence-electron chi connectivity index (χ3n) is 3.66. The van der Waals surface area contributed by atoms with Gasteiger partial charge in [-0.2, -0.15) is 11.6 Å². The number of allylic oxidation sites excluding steroid dienone is 1. The molecule has 0 aromatic heterocycles. The number of hydrogen-bond acceptors (Lipinski definition) is 1. The highest BCUT2D eigenvalue weighted by atomic mass is 15.2. The number of likely N-dealkylation sites (tertiary alicyclic amines) is 1. The first-order chi connectivity index (χ1) is 7.25. The average Bonchev–Trinajstić information content (AvgIpc) is 2.56. The summed E-state index contributed by atoms with van der Waals surface area (Å²) in [6.45, 7) is 7.57. The molecule has 1 aliphatic carbocycles. The maximum absolute atomic E-state index is 4.06. The van der Waals surface area contributed by atoms with Crippen molar-refractivity contribution in [3.05, 3.63) is 35.8 Å². The molecule has 0 amide bonds. The van der Waals surface area contributed by atoms with Crippen LogP contribution in [0.5, 0.6) is 0 Å². The Hall–Kier alpha value is -1.15. The van der Waals surface area contributed by atoms with Crippen molar-refractivity contribution in [3.8, 4) is 0 Å². The summed E-state index contributed by atoms with van der Waals surface area (Å²) in [6.07, 6.45) is 7.85. The zero-order valence-electron chi connectivity index (χ0n) is 9.24. The van der Waals surface area contributed by atoms with Gasteiger partial charge in [0.2, 0.25) is 0 Å². The van der Waals surface area contributed by atoms with Gasteiger partial charge in [-0.15, -0.1) is 0 Å². The number of nitrogens with zero attached hydrogens (tertiary/aromatic N) is 2. The van der Waals surface area contributed by atoms with Crippen molar-refractivity contribution in [2.24, 2.45) is 5.92 Å². The lowest BCUT2D eigenvalue weighted by Gasteiger charge is -2.45. The summed E-state index contributed by atoms with van der Waals surface area (Å²) >= 11 is 0. The smallest absolute Gasteiger partial charge is 0.121 e. The maximum Gasteiger partial charge on any atom is 0.121 e. The monoisotopic (exact) mass is 201 g/mol. The zero-order chi connectivity index (χ0) is 10.4. The molecule has 0 atom stereocenters. The molecule has 2 saturated heterocycles. The lowest BCUT2D eigenvalue weighted by atomic mass is 9.81. The molecule has 2 heterocycles. The molecular weight excluding hydrogens is 184 g/mol. The van der Waals surface area contributed by atoms with Crippen molar-refractivity contribution >= 4 is 6.72 Å². The van der Waals surface area contributed by atoms with Crippen molar-refractivity contribution in [1.29, 1.82) is 0 Å². The Morgan fingerprint density at radius 1 is 1.60 bits per heavy atom. The van der Waals surface area contributed by atoms with E-state index in [9.17, 15) is 0 Å². The second-order valence-corrected chi connectivity index (χ2v) is 4.78. The minimum Gasteiger partial charge on any atom is -0.307 e. The van der Waals surface area contributed by atoms with E-state index in [-0.39, 0.29) is 0 Å². The number of fused-ring (bicyclic) bond motifs is 1. The predicted octanol–water partition coefficient (Wildman–Crippen LogP) is 1.27. The van der Waals surface area contributed by atoms with Gasteiger partial charge in [0.25, 0.3) is 0 Å². The highest BCUT2D eigenvalue weighted by Gasteiger charge is 2.27. The van der Waals surface area contributed by atoms with Gasteiger partial charge in [0.1, 0.15) is 6.54 Å². The molecule has 0 unspecified atom stereocenters. The van der Waals surface area contributed by atoms with E-state index in [0.717, 1.165) is 12.5 Å². The maximum atomic E-state index is 4.06. The van der Waals surface area contributed by atoms with Crippen molar-refractivity contribution in [2.45, 2.75) is 6.42 Å². The summed E-state index contributed by atoms with van der Waals surface area (Å²) in [6, 6.07) is 1.35. The molecule has 0 spiro atoms. The average molecular weight is 201 g/mol. The van der Waals surface area contributed by atoms with Crippen LogP contribution in [0.1, 0.15) is 6.42 Å². The molecule has 2 nitrogen and oxygen atoms in total. The Labute approximate surface area is 91.6 Å². The topological polar surface area (TPSA) is 6.25 Å². The molecule has 0 saturated carbocycles. The summed E-state index contributed by atoms with van der Waals surface area (Å²) in [5.41, 5.74) is 3.11. The SMILES string of the molecule is C=[N+]1CCC2=C(C3CN(C)C3)[CH-]C=C[C-]21. The molecule has 0 N–H and O–H groups in total. The van der Waals surface area contributed by atoms with Crippen LogP contribution in [0, 0.1) is 18.4 Å². The number of hydrogen-bond donors (Lipinski definition) is 0. The minimum absolute atomic E-state index is 0.761. The van der Waals surface area contributed by atoms with E-state index in [4.69, 9.17) is 0 Å². The fourth-order valence-electron chi connectivity index (χ4n) is 2.81. The lowest BCUT2D eigenvalue weighted by molar-refractivity contribution is -0.475. The molecule has 0 radical (unpaired) electrons. The van der Waals surface area contributed by atoms with Crippen LogP contribution in [-0.4, -0.2) is 42.9 Å². The first-order valence-corrected chi connectivity index (χ1v) is 5.64. The molecule has 3 aliphatic rings. The van der Waals surface area contributed by atoms with Gasteiger partial charge in [-0.25, -0.2) is 18.1 Å². The van der Waals surface area contributed by atoms with E-state index < -0.39 is 0 Å². The van der Waals surface area contributed by atoms with Crippen molar-refractivity contribution in [1.82, 2.24) is 4.90 Å². The molecular formula is C13H17N2-. The highest BCUT2D eigenvalue weighted by molar-refractivity contribution is 5.48. The van der Waals surface area contributed by atoms with Gasteiger partial charge in [0, 0.05) is 6.04 Å². The normalized spacial score (nSPS) is 26.7. The molecule has 2 fully saturated rings. The van der Waals surface area contributed by atoms with Gasteiger partial charge in [0.15, 0.2) is 0 Å². The highest BCUT2D eigenvalue weighted by Crippen LogP contribution is 2.39. The molecule has 0 bridgehead atoms. The Kier molecular flexibility index (Phi) is 1.93. The van der Waals surface area contributed by atoms with Crippen molar-refractivity contribution in [2.75, 3.05) is 26.7 Å². The predicted molar refractivity (Wildman–Crippen MR) is 61.6 cm³/mol. The Morgan fingerprint density at radius 2 is 2.40 bits per heavy atom. The standard InChI is InChI=1S/C13H17N2/c1-14-8-10(9-14)11-4-3-5-13-12(11)6-7-15(13)2/h3-5,10H,2,6-9H2,1H3/q-1. The van der Waals surface area contributed by atoms with Gasteiger partial charge < -0.3 is 9.48 Å². The van der Waals surface area contributed by atoms with Gasteiger partial charge in [-0.1, -0.05) is 0 Å². The fraction of sp³-hybridized carbons (Fsp3) is 0.462. The van der Waals surface area contributed by atoms with Gasteiger partial charge in [0.05, 0.1) is 6.72 Å². The first kappa shape index (κ1) is 9.10. The largest absolute Gasteiger partial charge is 0.307 e. The van der Waals surface area contributed by atoms with Gasteiger partial charge in [-0.05, 0) is 32.5 Å². The summed E-state index contributed by atoms with van der Waals surface area (Å²) in [4.78, 5) is 2.38. The Bertz CT molecular complexity index is 359. The van der Waals surface area contributed by atoms with E-state index >= 15 is 0 Å². The molecule has 15 heavy (non-hydrogen) atoms.